The fourth-order valence-corrected chi connectivity index (χ4v) is 4.10. The normalized spacial score (nSPS) is 12.6. The molecule has 0 spiro atoms. The Morgan fingerprint density at radius 3 is 2.59 bits per heavy atom. The molecule has 2 N–H and O–H groups in total. The van der Waals surface area contributed by atoms with Gasteiger partial charge in [-0.15, -0.1) is 11.3 Å². The van der Waals surface area contributed by atoms with Crippen molar-refractivity contribution in [2.24, 2.45) is 0 Å². The first-order valence-electron chi connectivity index (χ1n) is 10.4. The van der Waals surface area contributed by atoms with Gasteiger partial charge >= 0.3 is 6.18 Å². The molecule has 4 rings (SSSR count). The maximum Gasteiger partial charge on any atom is 0.418 e. The van der Waals surface area contributed by atoms with Crippen molar-refractivity contribution in [2.75, 3.05) is 5.32 Å². The maximum atomic E-state index is 13.7. The predicted octanol–water partition coefficient (Wildman–Crippen LogP) is 6.34. The van der Waals surface area contributed by atoms with Crippen molar-refractivity contribution in [2.45, 2.75) is 32.2 Å². The van der Waals surface area contributed by atoms with Gasteiger partial charge in [-0.05, 0) is 24.1 Å². The number of ether oxygens (including phenoxy) is 1. The molecule has 0 saturated carbocycles. The average Bonchev–Trinajstić information content (AvgIpc) is 3.32. The number of para-hydroxylation sites is 1. The molecule has 0 fully saturated rings. The van der Waals surface area contributed by atoms with E-state index in [4.69, 9.17) is 4.74 Å². The van der Waals surface area contributed by atoms with Crippen LogP contribution in [-0.2, 0) is 17.5 Å². The topological polar surface area (TPSA) is 84.3 Å². The van der Waals surface area contributed by atoms with Gasteiger partial charge in [-0.1, -0.05) is 43.3 Å². The first kappa shape index (κ1) is 23.7. The van der Waals surface area contributed by atoms with Crippen LogP contribution < -0.4 is 5.32 Å². The van der Waals surface area contributed by atoms with Gasteiger partial charge in [0, 0.05) is 17.0 Å². The smallest absolute Gasteiger partial charge is 0.418 e. The molecule has 10 heteroatoms. The molecule has 0 aliphatic rings. The molecule has 2 heterocycles. The van der Waals surface area contributed by atoms with Gasteiger partial charge in [-0.3, -0.25) is 10.1 Å². The zero-order valence-corrected chi connectivity index (χ0v) is 18.8. The number of amides is 1. The van der Waals surface area contributed by atoms with Crippen molar-refractivity contribution >= 4 is 33.3 Å². The molecule has 1 unspecified atom stereocenters. The van der Waals surface area contributed by atoms with Crippen LogP contribution in [0.25, 0.3) is 10.9 Å². The summed E-state index contributed by atoms with van der Waals surface area (Å²) in [4.78, 5) is 21.4. The summed E-state index contributed by atoms with van der Waals surface area (Å²) in [5.74, 6) is -1.34. The number of carbonyl (C=O) groups is 1. The summed E-state index contributed by atoms with van der Waals surface area (Å²) in [6.07, 6.45) is -3.76. The molecule has 0 aliphatic heterocycles. The summed E-state index contributed by atoms with van der Waals surface area (Å²) >= 11 is 1.16. The van der Waals surface area contributed by atoms with Crippen LogP contribution in [0.5, 0.6) is 5.75 Å². The van der Waals surface area contributed by atoms with Crippen LogP contribution >= 0.6 is 11.3 Å². The van der Waals surface area contributed by atoms with Crippen molar-refractivity contribution in [1.82, 2.24) is 9.97 Å². The number of alkyl halides is 3. The lowest BCUT2D eigenvalue weighted by Gasteiger charge is -2.21. The summed E-state index contributed by atoms with van der Waals surface area (Å²) in [6, 6.07) is 12.6. The van der Waals surface area contributed by atoms with Crippen LogP contribution in [-0.4, -0.2) is 21.0 Å². The Balaban J connectivity index is 1.85. The lowest BCUT2D eigenvalue weighted by molar-refractivity contribution is -0.136. The Bertz CT molecular complexity index is 1300. The highest BCUT2D eigenvalue weighted by Gasteiger charge is 2.35. The third-order valence-corrected chi connectivity index (χ3v) is 5.86. The lowest BCUT2D eigenvalue weighted by atomic mass is 9.99. The van der Waals surface area contributed by atoms with Gasteiger partial charge in [0.15, 0.2) is 5.13 Å². The van der Waals surface area contributed by atoms with E-state index in [0.29, 0.717) is 6.42 Å². The van der Waals surface area contributed by atoms with Gasteiger partial charge in [0.1, 0.15) is 17.4 Å². The third-order valence-electron chi connectivity index (χ3n) is 5.17. The van der Waals surface area contributed by atoms with E-state index in [1.807, 2.05) is 30.3 Å². The molecular formula is C24H20F3N3O3S. The molecule has 4 aromatic rings. The molecule has 176 valence electrons. The quantitative estimate of drug-likeness (QED) is 0.318. The average molecular weight is 488 g/mol. The first-order valence-corrected chi connectivity index (χ1v) is 11.3. The molecule has 1 atom stereocenters. The second-order valence-corrected chi connectivity index (χ2v) is 8.30. The molecule has 0 aliphatic carbocycles. The number of nitrogens with zero attached hydrogens (tertiary/aromatic N) is 2. The van der Waals surface area contributed by atoms with Crippen LogP contribution in [0, 0.1) is 0 Å². The Labute approximate surface area is 197 Å². The van der Waals surface area contributed by atoms with E-state index in [1.165, 1.54) is 12.3 Å². The number of anilines is 1. The second kappa shape index (κ2) is 9.78. The van der Waals surface area contributed by atoms with Gasteiger partial charge in [-0.25, -0.2) is 9.97 Å². The molecule has 6 nitrogen and oxygen atoms in total. The highest BCUT2D eigenvalue weighted by molar-refractivity contribution is 7.13. The summed E-state index contributed by atoms with van der Waals surface area (Å²) in [5.41, 5.74) is -0.937. The van der Waals surface area contributed by atoms with Crippen molar-refractivity contribution in [3.05, 3.63) is 82.5 Å². The van der Waals surface area contributed by atoms with E-state index in [-0.39, 0.29) is 28.4 Å². The first-order chi connectivity index (χ1) is 16.3. The van der Waals surface area contributed by atoms with Crippen LogP contribution in [0.3, 0.4) is 0 Å². The maximum absolute atomic E-state index is 13.7. The van der Waals surface area contributed by atoms with E-state index in [1.54, 1.807) is 12.3 Å². The molecule has 0 radical (unpaired) electrons. The highest BCUT2D eigenvalue weighted by atomic mass is 32.1. The van der Waals surface area contributed by atoms with Crippen molar-refractivity contribution < 1.29 is 27.8 Å². The number of aromatic hydroxyl groups is 1. The van der Waals surface area contributed by atoms with Crippen LogP contribution in [0.2, 0.25) is 0 Å². The van der Waals surface area contributed by atoms with Gasteiger partial charge in [0.05, 0.1) is 23.4 Å². The number of pyridine rings is 1. The number of halogens is 3. The minimum absolute atomic E-state index is 0.0748. The Morgan fingerprint density at radius 2 is 1.94 bits per heavy atom. The SMILES string of the molecule is CCC(OCc1ccccc1)c1nc2c(C(F)(F)F)cccc2c(O)c1C(=O)Nc1nccs1. The van der Waals surface area contributed by atoms with Crippen molar-refractivity contribution in [3.8, 4) is 5.75 Å². The van der Waals surface area contributed by atoms with Gasteiger partial charge in [0.25, 0.3) is 5.91 Å². The second-order valence-electron chi connectivity index (χ2n) is 7.41. The van der Waals surface area contributed by atoms with Crippen LogP contribution in [0.15, 0.2) is 60.1 Å². The zero-order chi connectivity index (χ0) is 24.3. The molecule has 2 aromatic heterocycles. The lowest BCUT2D eigenvalue weighted by Crippen LogP contribution is -2.19. The summed E-state index contributed by atoms with van der Waals surface area (Å²) in [5, 5.41) is 15.3. The minimum Gasteiger partial charge on any atom is -0.506 e. The number of benzene rings is 2. The van der Waals surface area contributed by atoms with Crippen molar-refractivity contribution in [3.63, 3.8) is 0 Å². The Morgan fingerprint density at radius 1 is 1.18 bits per heavy atom. The van der Waals surface area contributed by atoms with E-state index in [2.05, 4.69) is 15.3 Å². The highest BCUT2D eigenvalue weighted by Crippen LogP contribution is 2.40. The minimum atomic E-state index is -4.70. The monoisotopic (exact) mass is 487 g/mol. The number of nitrogens with one attached hydrogen (secondary N) is 1. The number of fused-ring (bicyclic) bond motifs is 1. The fourth-order valence-electron chi connectivity index (χ4n) is 3.58. The largest absolute Gasteiger partial charge is 0.506 e. The molecule has 2 aromatic carbocycles. The van der Waals surface area contributed by atoms with Gasteiger partial charge in [-0.2, -0.15) is 13.2 Å². The van der Waals surface area contributed by atoms with Crippen molar-refractivity contribution in [1.29, 1.82) is 0 Å². The molecular weight excluding hydrogens is 467 g/mol. The number of aromatic nitrogens is 2. The van der Waals surface area contributed by atoms with Gasteiger partial charge in [0.2, 0.25) is 0 Å². The standard InChI is InChI=1S/C24H20F3N3O3S/c1-2-17(33-13-14-7-4-3-5-8-14)20-18(22(32)30-23-28-11-12-34-23)21(31)15-9-6-10-16(19(15)29-20)24(25,26)27/h3-12,17H,2,13H2,1H3,(H,29,31)(H,28,30,32). The molecule has 34 heavy (non-hydrogen) atoms. The van der Waals surface area contributed by atoms with Crippen LogP contribution in [0.1, 0.15) is 46.6 Å². The number of hydrogen-bond donors (Lipinski definition) is 2. The molecule has 1 amide bonds. The number of rotatable bonds is 7. The zero-order valence-electron chi connectivity index (χ0n) is 18.0. The van der Waals surface area contributed by atoms with Crippen LogP contribution in [0.4, 0.5) is 18.3 Å². The number of carbonyl (C=O) groups excluding carboxylic acids is 1. The number of hydrogen-bond acceptors (Lipinski definition) is 6. The fraction of sp³-hybridized carbons (Fsp3) is 0.208. The molecule has 0 bridgehead atoms. The summed E-state index contributed by atoms with van der Waals surface area (Å²) in [7, 11) is 0. The summed E-state index contributed by atoms with van der Waals surface area (Å²) in [6.45, 7) is 1.91. The van der Waals surface area contributed by atoms with Gasteiger partial charge < -0.3 is 9.84 Å². The third kappa shape index (κ3) is 4.87. The number of thiazole rings is 1. The summed E-state index contributed by atoms with van der Waals surface area (Å²) < 4.78 is 47.1. The van der Waals surface area contributed by atoms with E-state index in [0.717, 1.165) is 29.0 Å². The van der Waals surface area contributed by atoms with E-state index >= 15 is 0 Å². The van der Waals surface area contributed by atoms with E-state index < -0.39 is 35.0 Å². The predicted molar refractivity (Wildman–Crippen MR) is 123 cm³/mol. The van der Waals surface area contributed by atoms with E-state index in [9.17, 15) is 23.1 Å². The molecule has 0 saturated heterocycles. The Hall–Kier alpha value is -3.50. The Kier molecular flexibility index (Phi) is 6.80.